The quantitative estimate of drug-likeness (QED) is 0.311. The van der Waals surface area contributed by atoms with Crippen molar-refractivity contribution in [2.45, 2.75) is 0 Å². The van der Waals surface area contributed by atoms with Gasteiger partial charge in [0.2, 0.25) is 0 Å². The van der Waals surface area contributed by atoms with Crippen LogP contribution in [-0.4, -0.2) is 16.0 Å². The summed E-state index contributed by atoms with van der Waals surface area (Å²) in [5, 5.41) is 0. The minimum Gasteiger partial charge on any atom is -0.353 e. The Kier molecular flexibility index (Phi) is 5.50. The van der Waals surface area contributed by atoms with E-state index in [1.165, 1.54) is 12.0 Å². The van der Waals surface area contributed by atoms with Crippen molar-refractivity contribution in [2.75, 3.05) is 6.26 Å². The van der Waals surface area contributed by atoms with Crippen LogP contribution in [0.5, 0.6) is 0 Å². The molecule has 0 aliphatic heterocycles. The Labute approximate surface area is 44.9 Å². The van der Waals surface area contributed by atoms with E-state index in [-0.39, 0.29) is 0 Å². The first-order valence-electron chi connectivity index (χ1n) is 1.48. The number of rotatable bonds is 3. The van der Waals surface area contributed by atoms with Crippen molar-refractivity contribution in [1.29, 1.82) is 0 Å². The van der Waals surface area contributed by atoms with Crippen LogP contribution in [0.15, 0.2) is 12.3 Å². The molecule has 0 bridgehead atoms. The van der Waals surface area contributed by atoms with Crippen LogP contribution in [0.2, 0.25) is 0 Å². The second-order valence-corrected chi connectivity index (χ2v) is 2.22. The Morgan fingerprint density at radius 3 is 2.83 bits per heavy atom. The predicted octanol–water partition coefficient (Wildman–Crippen LogP) is 1.04. The molecule has 0 spiro atoms. The highest BCUT2D eigenvalue weighted by Gasteiger charge is 1.74. The van der Waals surface area contributed by atoms with E-state index in [1.807, 2.05) is 6.26 Å². The molecule has 0 amide bonds. The van der Waals surface area contributed by atoms with E-state index in [2.05, 4.69) is 6.58 Å². The summed E-state index contributed by atoms with van der Waals surface area (Å²) in [4.78, 5) is 0. The zero-order valence-corrected chi connectivity index (χ0v) is 5.42. The molecule has 0 aromatic rings. The third-order valence-electron chi connectivity index (χ3n) is 0.215. The largest absolute Gasteiger partial charge is 0.353 e. The molecule has 0 fully saturated rings. The summed E-state index contributed by atoms with van der Waals surface area (Å²) in [5.41, 5.74) is 1.75. The highest BCUT2D eigenvalue weighted by molar-refractivity contribution is 7.94. The molecule has 1 nitrogen and oxygen atoms in total. The molecular formula is C3H6OSSi. The SMILES string of the molecule is C=C[Si]OSC. The van der Waals surface area contributed by atoms with Crippen LogP contribution in [0.4, 0.5) is 0 Å². The fourth-order valence-corrected chi connectivity index (χ4v) is 0.739. The van der Waals surface area contributed by atoms with Crippen LogP contribution in [0.25, 0.3) is 0 Å². The summed E-state index contributed by atoms with van der Waals surface area (Å²) >= 11 is 1.37. The third kappa shape index (κ3) is 4.27. The maximum Gasteiger partial charge on any atom is 0.281 e. The normalized spacial score (nSPS) is 8.17. The van der Waals surface area contributed by atoms with E-state index < -0.39 is 0 Å². The zero-order valence-electron chi connectivity index (χ0n) is 3.60. The van der Waals surface area contributed by atoms with E-state index in [0.717, 1.165) is 0 Å². The molecule has 0 saturated heterocycles. The Morgan fingerprint density at radius 2 is 2.67 bits per heavy atom. The average Bonchev–Trinajstić information content (AvgIpc) is 1.61. The summed E-state index contributed by atoms with van der Waals surface area (Å²) in [6.07, 6.45) is 1.89. The number of hydrogen-bond donors (Lipinski definition) is 0. The molecule has 0 N–H and O–H groups in total. The van der Waals surface area contributed by atoms with Crippen LogP contribution < -0.4 is 0 Å². The van der Waals surface area contributed by atoms with Gasteiger partial charge in [0.1, 0.15) is 0 Å². The summed E-state index contributed by atoms with van der Waals surface area (Å²) in [5.74, 6) is 0. The van der Waals surface area contributed by atoms with Crippen LogP contribution in [0.3, 0.4) is 0 Å². The van der Waals surface area contributed by atoms with Gasteiger partial charge in [0.05, 0.1) is 0 Å². The topological polar surface area (TPSA) is 9.23 Å². The van der Waals surface area contributed by atoms with Gasteiger partial charge in [0, 0.05) is 6.26 Å². The molecular weight excluding hydrogens is 112 g/mol. The lowest BCUT2D eigenvalue weighted by atomic mass is 11.3. The fraction of sp³-hybridized carbons (Fsp3) is 0.333. The zero-order chi connectivity index (χ0) is 4.83. The minimum absolute atomic E-state index is 0.442. The van der Waals surface area contributed by atoms with E-state index in [0.29, 0.717) is 9.76 Å². The summed E-state index contributed by atoms with van der Waals surface area (Å²) < 4.78 is 4.81. The van der Waals surface area contributed by atoms with Gasteiger partial charge < -0.3 is 3.87 Å². The van der Waals surface area contributed by atoms with E-state index in [4.69, 9.17) is 3.87 Å². The maximum atomic E-state index is 4.81. The summed E-state index contributed by atoms with van der Waals surface area (Å²) in [6.45, 7) is 3.47. The lowest BCUT2D eigenvalue weighted by Gasteiger charge is -1.84. The minimum atomic E-state index is 0.442. The summed E-state index contributed by atoms with van der Waals surface area (Å²) in [7, 11) is 0.442. The van der Waals surface area contributed by atoms with Crippen molar-refractivity contribution >= 4 is 21.8 Å². The van der Waals surface area contributed by atoms with Crippen molar-refractivity contribution in [3.63, 3.8) is 0 Å². The van der Waals surface area contributed by atoms with E-state index >= 15 is 0 Å². The van der Waals surface area contributed by atoms with Gasteiger partial charge in [-0.1, -0.05) is 5.70 Å². The highest BCUT2D eigenvalue weighted by Crippen LogP contribution is 1.89. The molecule has 3 heteroatoms. The molecule has 0 unspecified atom stereocenters. The molecule has 0 aromatic carbocycles. The van der Waals surface area contributed by atoms with Gasteiger partial charge in [0.15, 0.2) is 0 Å². The van der Waals surface area contributed by atoms with Crippen LogP contribution in [0, 0.1) is 0 Å². The Bertz CT molecular complexity index is 39.8. The number of hydrogen-bond acceptors (Lipinski definition) is 2. The van der Waals surface area contributed by atoms with Crippen molar-refractivity contribution in [2.24, 2.45) is 0 Å². The molecule has 0 saturated carbocycles. The highest BCUT2D eigenvalue weighted by atomic mass is 32.2. The lowest BCUT2D eigenvalue weighted by Crippen LogP contribution is -1.81. The first-order chi connectivity index (χ1) is 2.91. The molecule has 0 rings (SSSR count). The predicted molar refractivity (Wildman–Crippen MR) is 30.6 cm³/mol. The van der Waals surface area contributed by atoms with Gasteiger partial charge in [-0.2, -0.15) is 0 Å². The van der Waals surface area contributed by atoms with E-state index in [9.17, 15) is 0 Å². The molecule has 0 aliphatic rings. The van der Waals surface area contributed by atoms with Gasteiger partial charge in [-0.25, -0.2) is 0 Å². The van der Waals surface area contributed by atoms with Crippen molar-refractivity contribution in [3.8, 4) is 0 Å². The van der Waals surface area contributed by atoms with Crippen LogP contribution in [0.1, 0.15) is 0 Å². The Balaban J connectivity index is 2.49. The van der Waals surface area contributed by atoms with Crippen LogP contribution in [-0.2, 0) is 3.87 Å². The van der Waals surface area contributed by atoms with Gasteiger partial charge in [-0.3, -0.25) is 0 Å². The maximum absolute atomic E-state index is 4.81. The monoisotopic (exact) mass is 118 g/mol. The second-order valence-electron chi connectivity index (χ2n) is 0.572. The van der Waals surface area contributed by atoms with E-state index in [1.54, 1.807) is 5.70 Å². The molecule has 0 atom stereocenters. The fourth-order valence-electron chi connectivity index (χ4n) is 0.0821. The third-order valence-corrected chi connectivity index (χ3v) is 1.43. The summed E-state index contributed by atoms with van der Waals surface area (Å²) in [6, 6.07) is 0. The molecule has 0 aliphatic carbocycles. The van der Waals surface area contributed by atoms with Crippen molar-refractivity contribution < 1.29 is 3.87 Å². The van der Waals surface area contributed by atoms with Crippen molar-refractivity contribution in [3.05, 3.63) is 12.3 Å². The Morgan fingerprint density at radius 1 is 2.00 bits per heavy atom. The van der Waals surface area contributed by atoms with Crippen molar-refractivity contribution in [1.82, 2.24) is 0 Å². The second kappa shape index (κ2) is 5.27. The lowest BCUT2D eigenvalue weighted by molar-refractivity contribution is 0.714. The van der Waals surface area contributed by atoms with Gasteiger partial charge in [-0.05, 0) is 12.0 Å². The average molecular weight is 118 g/mol. The first kappa shape index (κ1) is 6.27. The standard InChI is InChI=1S/C3H6OSSi/c1-3-6-4-5-2/h3H,1H2,2H3. The van der Waals surface area contributed by atoms with Gasteiger partial charge in [0.25, 0.3) is 9.76 Å². The molecule has 6 heavy (non-hydrogen) atoms. The molecule has 2 radical (unpaired) electrons. The molecule has 34 valence electrons. The van der Waals surface area contributed by atoms with Crippen LogP contribution >= 0.6 is 12.0 Å². The smallest absolute Gasteiger partial charge is 0.281 e. The first-order valence-corrected chi connectivity index (χ1v) is 3.61. The Hall–Kier alpha value is 0.267. The van der Waals surface area contributed by atoms with Gasteiger partial charge in [-0.15, -0.1) is 6.58 Å². The molecule has 0 heterocycles. The van der Waals surface area contributed by atoms with Gasteiger partial charge >= 0.3 is 0 Å². The molecule has 0 aromatic heterocycles.